The van der Waals surface area contributed by atoms with Gasteiger partial charge in [-0.25, -0.2) is 0 Å². The highest BCUT2D eigenvalue weighted by Gasteiger charge is 2.25. The number of likely N-dealkylation sites (N-methyl/N-ethyl adjacent to an activating group) is 1. The van der Waals surface area contributed by atoms with Crippen LogP contribution in [0.5, 0.6) is 0 Å². The molecular formula is C18H26N2O. The predicted molar refractivity (Wildman–Crippen MR) is 86.3 cm³/mol. The summed E-state index contributed by atoms with van der Waals surface area (Å²) >= 11 is 0. The van der Waals surface area contributed by atoms with Crippen molar-refractivity contribution >= 4 is 11.6 Å². The average Bonchev–Trinajstić information content (AvgIpc) is 2.67. The van der Waals surface area contributed by atoms with Crippen LogP contribution in [-0.2, 0) is 11.2 Å². The Morgan fingerprint density at radius 2 is 1.95 bits per heavy atom. The number of carbonyl (C=O) groups excluding carboxylic acids is 1. The van der Waals surface area contributed by atoms with Crippen molar-refractivity contribution in [3.8, 4) is 0 Å². The number of anilines is 1. The third kappa shape index (κ3) is 3.13. The molecule has 1 saturated carbocycles. The van der Waals surface area contributed by atoms with Crippen molar-refractivity contribution in [1.29, 1.82) is 0 Å². The van der Waals surface area contributed by atoms with Gasteiger partial charge in [0.05, 0.1) is 6.42 Å². The number of fused-ring (bicyclic) bond motifs is 1. The summed E-state index contributed by atoms with van der Waals surface area (Å²) in [5.74, 6) is 0.958. The number of benzene rings is 1. The van der Waals surface area contributed by atoms with Crippen LogP contribution in [0.25, 0.3) is 0 Å². The molecule has 3 rings (SSSR count). The predicted octanol–water partition coefficient (Wildman–Crippen LogP) is 3.57. The van der Waals surface area contributed by atoms with Crippen LogP contribution in [0.15, 0.2) is 18.2 Å². The van der Waals surface area contributed by atoms with Crippen LogP contribution in [-0.4, -0.2) is 13.0 Å². The maximum Gasteiger partial charge on any atom is 0.231 e. The highest BCUT2D eigenvalue weighted by molar-refractivity contribution is 6.00. The highest BCUT2D eigenvalue weighted by Crippen LogP contribution is 2.33. The SMILES string of the molecule is CN1C(=O)Cc2cc(C(N)CC3CCCCCC3)ccc21. The number of rotatable bonds is 3. The fourth-order valence-electron chi connectivity index (χ4n) is 3.82. The van der Waals surface area contributed by atoms with Gasteiger partial charge in [-0.2, -0.15) is 0 Å². The van der Waals surface area contributed by atoms with Gasteiger partial charge in [-0.05, 0) is 29.5 Å². The molecule has 2 aliphatic rings. The molecule has 0 saturated heterocycles. The standard InChI is InChI=1S/C18H26N2O/c1-20-17-9-8-14(11-15(17)12-18(20)21)16(19)10-13-6-4-2-3-5-7-13/h8-9,11,13,16H,2-7,10,12,19H2,1H3. The Morgan fingerprint density at radius 3 is 2.67 bits per heavy atom. The van der Waals surface area contributed by atoms with Crippen molar-refractivity contribution in [3.63, 3.8) is 0 Å². The van der Waals surface area contributed by atoms with Crippen molar-refractivity contribution in [2.45, 2.75) is 57.4 Å². The summed E-state index contributed by atoms with van der Waals surface area (Å²) in [6.45, 7) is 0. The van der Waals surface area contributed by atoms with E-state index in [1.807, 2.05) is 7.05 Å². The van der Waals surface area contributed by atoms with Gasteiger partial charge in [0.1, 0.15) is 0 Å². The Balaban J connectivity index is 1.69. The van der Waals surface area contributed by atoms with Crippen LogP contribution in [0.2, 0.25) is 0 Å². The summed E-state index contributed by atoms with van der Waals surface area (Å²) in [6.07, 6.45) is 9.78. The lowest BCUT2D eigenvalue weighted by molar-refractivity contribution is -0.117. The first-order valence-electron chi connectivity index (χ1n) is 8.30. The zero-order chi connectivity index (χ0) is 14.8. The molecule has 1 heterocycles. The van der Waals surface area contributed by atoms with Gasteiger partial charge in [-0.15, -0.1) is 0 Å². The van der Waals surface area contributed by atoms with Gasteiger partial charge in [-0.1, -0.05) is 50.7 Å². The molecular weight excluding hydrogens is 260 g/mol. The average molecular weight is 286 g/mol. The van der Waals surface area contributed by atoms with Gasteiger partial charge in [-0.3, -0.25) is 4.79 Å². The Bertz CT molecular complexity index is 518. The van der Waals surface area contributed by atoms with Gasteiger partial charge < -0.3 is 10.6 Å². The van der Waals surface area contributed by atoms with Gasteiger partial charge in [0.15, 0.2) is 0 Å². The largest absolute Gasteiger partial charge is 0.324 e. The van der Waals surface area contributed by atoms with E-state index in [1.165, 1.54) is 44.1 Å². The van der Waals surface area contributed by atoms with Gasteiger partial charge >= 0.3 is 0 Å². The number of hydrogen-bond acceptors (Lipinski definition) is 2. The van der Waals surface area contributed by atoms with Crippen molar-refractivity contribution in [1.82, 2.24) is 0 Å². The normalized spacial score (nSPS) is 21.2. The minimum Gasteiger partial charge on any atom is -0.324 e. The molecule has 0 bridgehead atoms. The first-order chi connectivity index (χ1) is 10.1. The highest BCUT2D eigenvalue weighted by atomic mass is 16.2. The zero-order valence-electron chi connectivity index (χ0n) is 13.0. The second kappa shape index (κ2) is 6.18. The molecule has 1 aromatic carbocycles. The molecule has 21 heavy (non-hydrogen) atoms. The molecule has 114 valence electrons. The van der Waals surface area contributed by atoms with Gasteiger partial charge in [0.2, 0.25) is 5.91 Å². The Kier molecular flexibility index (Phi) is 4.29. The Hall–Kier alpha value is -1.35. The summed E-state index contributed by atoms with van der Waals surface area (Å²) in [7, 11) is 1.85. The van der Waals surface area contributed by atoms with E-state index in [4.69, 9.17) is 5.73 Å². The van der Waals surface area contributed by atoms with E-state index in [-0.39, 0.29) is 11.9 Å². The summed E-state index contributed by atoms with van der Waals surface area (Å²) in [5.41, 5.74) is 9.82. The third-order valence-corrected chi connectivity index (χ3v) is 5.17. The number of carbonyl (C=O) groups is 1. The first kappa shape index (κ1) is 14.6. The van der Waals surface area contributed by atoms with E-state index in [2.05, 4.69) is 18.2 Å². The maximum absolute atomic E-state index is 11.8. The van der Waals surface area contributed by atoms with E-state index >= 15 is 0 Å². The zero-order valence-corrected chi connectivity index (χ0v) is 13.0. The van der Waals surface area contributed by atoms with Crippen molar-refractivity contribution in [2.24, 2.45) is 11.7 Å². The molecule has 0 radical (unpaired) electrons. The van der Waals surface area contributed by atoms with Crippen LogP contribution in [0.3, 0.4) is 0 Å². The van der Waals surface area contributed by atoms with Gasteiger partial charge in [0.25, 0.3) is 0 Å². The van der Waals surface area contributed by atoms with Crippen LogP contribution < -0.4 is 10.6 Å². The molecule has 1 aromatic rings. The quantitative estimate of drug-likeness (QED) is 0.863. The number of nitrogens with two attached hydrogens (primary N) is 1. The molecule has 1 amide bonds. The van der Waals surface area contributed by atoms with Crippen LogP contribution in [0.1, 0.15) is 62.1 Å². The van der Waals surface area contributed by atoms with E-state index in [9.17, 15) is 4.79 Å². The number of hydrogen-bond donors (Lipinski definition) is 1. The van der Waals surface area contributed by atoms with Crippen LogP contribution in [0, 0.1) is 5.92 Å². The topological polar surface area (TPSA) is 46.3 Å². The molecule has 1 aliphatic heterocycles. The van der Waals surface area contributed by atoms with Gasteiger partial charge in [0, 0.05) is 18.8 Å². The smallest absolute Gasteiger partial charge is 0.231 e. The van der Waals surface area contributed by atoms with Crippen molar-refractivity contribution in [3.05, 3.63) is 29.3 Å². The lowest BCUT2D eigenvalue weighted by Crippen LogP contribution is -2.20. The van der Waals surface area contributed by atoms with Crippen LogP contribution in [0.4, 0.5) is 5.69 Å². The molecule has 0 spiro atoms. The number of nitrogens with zero attached hydrogens (tertiary/aromatic N) is 1. The van der Waals surface area contributed by atoms with E-state index in [1.54, 1.807) is 4.90 Å². The first-order valence-corrected chi connectivity index (χ1v) is 8.30. The lowest BCUT2D eigenvalue weighted by Gasteiger charge is -2.20. The summed E-state index contributed by atoms with van der Waals surface area (Å²) < 4.78 is 0. The number of amides is 1. The molecule has 3 heteroatoms. The molecule has 1 fully saturated rings. The molecule has 3 nitrogen and oxygen atoms in total. The summed E-state index contributed by atoms with van der Waals surface area (Å²) in [5, 5.41) is 0. The van der Waals surface area contributed by atoms with Crippen molar-refractivity contribution < 1.29 is 4.79 Å². The van der Waals surface area contributed by atoms with Crippen molar-refractivity contribution in [2.75, 3.05) is 11.9 Å². The van der Waals surface area contributed by atoms with Crippen LogP contribution >= 0.6 is 0 Å². The molecule has 1 unspecified atom stereocenters. The fourth-order valence-corrected chi connectivity index (χ4v) is 3.82. The fraction of sp³-hybridized carbons (Fsp3) is 0.611. The second-order valence-electron chi connectivity index (χ2n) is 6.72. The maximum atomic E-state index is 11.8. The Morgan fingerprint density at radius 1 is 1.24 bits per heavy atom. The monoisotopic (exact) mass is 286 g/mol. The summed E-state index contributed by atoms with van der Waals surface area (Å²) in [6, 6.07) is 6.43. The molecule has 1 aliphatic carbocycles. The third-order valence-electron chi connectivity index (χ3n) is 5.17. The second-order valence-corrected chi connectivity index (χ2v) is 6.72. The molecule has 2 N–H and O–H groups in total. The molecule has 1 atom stereocenters. The minimum atomic E-state index is 0.111. The lowest BCUT2D eigenvalue weighted by atomic mass is 9.89. The van der Waals surface area contributed by atoms with E-state index < -0.39 is 0 Å². The summed E-state index contributed by atoms with van der Waals surface area (Å²) in [4.78, 5) is 13.5. The van der Waals surface area contributed by atoms with E-state index in [0.717, 1.165) is 23.6 Å². The Labute approximate surface area is 127 Å². The minimum absolute atomic E-state index is 0.111. The molecule has 0 aromatic heterocycles. The van der Waals surface area contributed by atoms with E-state index in [0.29, 0.717) is 6.42 Å².